The predicted molar refractivity (Wildman–Crippen MR) is 74.6 cm³/mol. The molecule has 2 atom stereocenters. The quantitative estimate of drug-likeness (QED) is 0.806. The van der Waals surface area contributed by atoms with E-state index in [-0.39, 0.29) is 24.5 Å². The number of rotatable bonds is 6. The molecular formula is C15H21NO4. The van der Waals surface area contributed by atoms with Gasteiger partial charge in [-0.05, 0) is 24.5 Å². The third-order valence-corrected chi connectivity index (χ3v) is 3.44. The molecule has 2 unspecified atom stereocenters. The van der Waals surface area contributed by atoms with Crippen molar-refractivity contribution < 1.29 is 19.4 Å². The molecule has 0 fully saturated rings. The number of hydrogen-bond acceptors (Lipinski definition) is 4. The van der Waals surface area contributed by atoms with E-state index < -0.39 is 0 Å². The van der Waals surface area contributed by atoms with Gasteiger partial charge < -0.3 is 19.9 Å². The average Bonchev–Trinajstić information content (AvgIpc) is 2.47. The highest BCUT2D eigenvalue weighted by atomic mass is 16.5. The molecule has 1 aliphatic rings. The zero-order valence-electron chi connectivity index (χ0n) is 11.7. The van der Waals surface area contributed by atoms with Crippen molar-refractivity contribution in [3.8, 4) is 5.75 Å². The molecule has 0 saturated heterocycles. The Kier molecular flexibility index (Phi) is 5.38. The number of nitrogens with one attached hydrogen (secondary N) is 1. The molecule has 2 N–H and O–H groups in total. The van der Waals surface area contributed by atoms with Crippen molar-refractivity contribution in [1.82, 2.24) is 5.32 Å². The maximum Gasteiger partial charge on any atom is 0.227 e. The van der Waals surface area contributed by atoms with Crippen molar-refractivity contribution in [2.45, 2.75) is 18.9 Å². The number of benzene rings is 1. The van der Waals surface area contributed by atoms with E-state index in [9.17, 15) is 4.79 Å². The predicted octanol–water partition coefficient (Wildman–Crippen LogP) is 0.751. The Hall–Kier alpha value is -1.59. The highest BCUT2D eigenvalue weighted by molar-refractivity contribution is 5.79. The summed E-state index contributed by atoms with van der Waals surface area (Å²) in [4.78, 5) is 12.2. The first-order chi connectivity index (χ1) is 9.74. The van der Waals surface area contributed by atoms with Crippen LogP contribution in [-0.4, -0.2) is 44.0 Å². The third-order valence-electron chi connectivity index (χ3n) is 3.44. The number of ether oxygens (including phenoxy) is 2. The van der Waals surface area contributed by atoms with E-state index in [0.717, 1.165) is 11.3 Å². The maximum atomic E-state index is 12.2. The molecule has 1 aromatic carbocycles. The van der Waals surface area contributed by atoms with Crippen LogP contribution in [0.5, 0.6) is 5.75 Å². The van der Waals surface area contributed by atoms with Crippen molar-refractivity contribution in [3.05, 3.63) is 29.8 Å². The van der Waals surface area contributed by atoms with Crippen LogP contribution in [0.4, 0.5) is 0 Å². The average molecular weight is 279 g/mol. The molecule has 0 radical (unpaired) electrons. The van der Waals surface area contributed by atoms with Crippen LogP contribution in [-0.2, 0) is 16.0 Å². The number of aliphatic hydroxyl groups is 1. The third kappa shape index (κ3) is 3.71. The molecule has 20 heavy (non-hydrogen) atoms. The van der Waals surface area contributed by atoms with Gasteiger partial charge in [-0.3, -0.25) is 4.79 Å². The van der Waals surface area contributed by atoms with Crippen LogP contribution < -0.4 is 10.1 Å². The minimum absolute atomic E-state index is 0.0261. The summed E-state index contributed by atoms with van der Waals surface area (Å²) in [5.74, 6) is 0.623. The second-order valence-corrected chi connectivity index (χ2v) is 4.99. The summed E-state index contributed by atoms with van der Waals surface area (Å²) in [7, 11) is 1.58. The first-order valence-electron chi connectivity index (χ1n) is 6.85. The zero-order valence-corrected chi connectivity index (χ0v) is 11.7. The Morgan fingerprint density at radius 1 is 1.55 bits per heavy atom. The van der Waals surface area contributed by atoms with Crippen molar-refractivity contribution in [1.29, 1.82) is 0 Å². The highest BCUT2D eigenvalue weighted by Crippen LogP contribution is 2.26. The van der Waals surface area contributed by atoms with Gasteiger partial charge in [-0.25, -0.2) is 0 Å². The van der Waals surface area contributed by atoms with Crippen LogP contribution >= 0.6 is 0 Å². The van der Waals surface area contributed by atoms with Gasteiger partial charge in [-0.15, -0.1) is 0 Å². The second-order valence-electron chi connectivity index (χ2n) is 4.99. The number of carbonyl (C=O) groups is 1. The molecule has 0 spiro atoms. The van der Waals surface area contributed by atoms with Crippen molar-refractivity contribution in [3.63, 3.8) is 0 Å². The van der Waals surface area contributed by atoms with Gasteiger partial charge in [-0.2, -0.15) is 0 Å². The minimum atomic E-state index is -0.192. The maximum absolute atomic E-state index is 12.2. The van der Waals surface area contributed by atoms with Gasteiger partial charge in [0.25, 0.3) is 0 Å². The molecule has 0 aliphatic carbocycles. The van der Waals surface area contributed by atoms with E-state index in [1.165, 1.54) is 0 Å². The van der Waals surface area contributed by atoms with Gasteiger partial charge in [-0.1, -0.05) is 18.2 Å². The fourth-order valence-electron chi connectivity index (χ4n) is 2.37. The summed E-state index contributed by atoms with van der Waals surface area (Å²) in [5, 5.41) is 11.9. The molecule has 5 heteroatoms. The molecule has 1 aromatic rings. The smallest absolute Gasteiger partial charge is 0.227 e. The standard InChI is InChI=1S/C15H21NO4/c1-19-10-13(6-7-17)16-15(18)12-8-11-4-2-3-5-14(11)20-9-12/h2-5,12-13,17H,6-10H2,1H3,(H,16,18). The Balaban J connectivity index is 1.93. The van der Waals surface area contributed by atoms with E-state index in [1.807, 2.05) is 24.3 Å². The summed E-state index contributed by atoms with van der Waals surface area (Å²) < 4.78 is 10.7. The number of methoxy groups -OCH3 is 1. The van der Waals surface area contributed by atoms with Crippen molar-refractivity contribution in [2.75, 3.05) is 26.9 Å². The van der Waals surface area contributed by atoms with Gasteiger partial charge in [0.05, 0.1) is 18.6 Å². The lowest BCUT2D eigenvalue weighted by molar-refractivity contribution is -0.127. The van der Waals surface area contributed by atoms with Crippen molar-refractivity contribution in [2.24, 2.45) is 5.92 Å². The fourth-order valence-corrected chi connectivity index (χ4v) is 2.37. The van der Waals surface area contributed by atoms with E-state index >= 15 is 0 Å². The molecular weight excluding hydrogens is 258 g/mol. The lowest BCUT2D eigenvalue weighted by atomic mass is 9.95. The van der Waals surface area contributed by atoms with E-state index in [0.29, 0.717) is 26.1 Å². The first-order valence-corrected chi connectivity index (χ1v) is 6.85. The fraction of sp³-hybridized carbons (Fsp3) is 0.533. The van der Waals surface area contributed by atoms with E-state index in [2.05, 4.69) is 5.32 Å². The van der Waals surface area contributed by atoms with Crippen LogP contribution in [0.2, 0.25) is 0 Å². The van der Waals surface area contributed by atoms with Crippen LogP contribution in [0.25, 0.3) is 0 Å². The number of hydrogen-bond donors (Lipinski definition) is 2. The van der Waals surface area contributed by atoms with Gasteiger partial charge in [0.1, 0.15) is 12.4 Å². The van der Waals surface area contributed by atoms with Crippen LogP contribution in [0, 0.1) is 5.92 Å². The lowest BCUT2D eigenvalue weighted by Crippen LogP contribution is -2.44. The van der Waals surface area contributed by atoms with Crippen LogP contribution in [0.1, 0.15) is 12.0 Å². The molecule has 2 rings (SSSR count). The Morgan fingerprint density at radius 2 is 2.35 bits per heavy atom. The first kappa shape index (κ1) is 14.8. The van der Waals surface area contributed by atoms with Gasteiger partial charge in [0.15, 0.2) is 0 Å². The minimum Gasteiger partial charge on any atom is -0.492 e. The Bertz CT molecular complexity index is 443. The number of fused-ring (bicyclic) bond motifs is 1. The van der Waals surface area contributed by atoms with Gasteiger partial charge in [0, 0.05) is 13.7 Å². The van der Waals surface area contributed by atoms with E-state index in [4.69, 9.17) is 14.6 Å². The van der Waals surface area contributed by atoms with Gasteiger partial charge >= 0.3 is 0 Å². The second kappa shape index (κ2) is 7.26. The number of para-hydroxylation sites is 1. The van der Waals surface area contributed by atoms with Crippen LogP contribution in [0.3, 0.4) is 0 Å². The number of carbonyl (C=O) groups excluding carboxylic acids is 1. The Labute approximate surface area is 118 Å². The SMILES string of the molecule is COCC(CCO)NC(=O)C1COc2ccccc2C1. The summed E-state index contributed by atoms with van der Waals surface area (Å²) in [6.07, 6.45) is 1.17. The normalized spacial score (nSPS) is 18.8. The molecule has 0 aromatic heterocycles. The molecule has 110 valence electrons. The number of aliphatic hydroxyl groups excluding tert-OH is 1. The molecule has 0 bridgehead atoms. The summed E-state index contributed by atoms with van der Waals surface area (Å²) in [6.45, 7) is 0.816. The molecule has 0 saturated carbocycles. The highest BCUT2D eigenvalue weighted by Gasteiger charge is 2.27. The van der Waals surface area contributed by atoms with Crippen LogP contribution in [0.15, 0.2) is 24.3 Å². The van der Waals surface area contributed by atoms with Gasteiger partial charge in [0.2, 0.25) is 5.91 Å². The summed E-state index contributed by atoms with van der Waals surface area (Å²) >= 11 is 0. The molecule has 5 nitrogen and oxygen atoms in total. The summed E-state index contributed by atoms with van der Waals surface area (Å²) in [5.41, 5.74) is 1.06. The largest absolute Gasteiger partial charge is 0.492 e. The van der Waals surface area contributed by atoms with E-state index in [1.54, 1.807) is 7.11 Å². The summed E-state index contributed by atoms with van der Waals surface area (Å²) in [6, 6.07) is 7.62. The number of amides is 1. The molecule has 1 heterocycles. The lowest BCUT2D eigenvalue weighted by Gasteiger charge is -2.26. The molecule has 1 aliphatic heterocycles. The Morgan fingerprint density at radius 3 is 3.10 bits per heavy atom. The zero-order chi connectivity index (χ0) is 14.4. The monoisotopic (exact) mass is 279 g/mol. The topological polar surface area (TPSA) is 67.8 Å². The molecule has 1 amide bonds. The van der Waals surface area contributed by atoms with Crippen molar-refractivity contribution >= 4 is 5.91 Å².